The fourth-order valence-corrected chi connectivity index (χ4v) is 2.04. The standard InChI is InChI=1S/C9H15N3/c1-10-8-6-12(7-8)9-2-4-11-5-3-9/h8-9,11H,2-7H2. The van der Waals surface area contributed by atoms with Gasteiger partial charge in [0.1, 0.15) is 0 Å². The molecule has 0 aromatic rings. The van der Waals surface area contributed by atoms with Crippen LogP contribution >= 0.6 is 0 Å². The molecule has 2 heterocycles. The first kappa shape index (κ1) is 8.03. The third-order valence-electron chi connectivity index (χ3n) is 2.90. The summed E-state index contributed by atoms with van der Waals surface area (Å²) in [7, 11) is 0. The van der Waals surface area contributed by atoms with Crippen molar-refractivity contribution >= 4 is 0 Å². The molecule has 3 heteroatoms. The molecule has 2 fully saturated rings. The summed E-state index contributed by atoms with van der Waals surface area (Å²) in [6.07, 6.45) is 2.54. The van der Waals surface area contributed by atoms with Crippen LogP contribution in [0.2, 0.25) is 0 Å². The molecule has 2 aliphatic rings. The van der Waals surface area contributed by atoms with Crippen molar-refractivity contribution in [2.75, 3.05) is 26.2 Å². The molecule has 0 unspecified atom stereocenters. The topological polar surface area (TPSA) is 19.6 Å². The van der Waals surface area contributed by atoms with Crippen molar-refractivity contribution in [3.63, 3.8) is 0 Å². The Balaban J connectivity index is 1.76. The van der Waals surface area contributed by atoms with Crippen LogP contribution in [-0.4, -0.2) is 43.2 Å². The third kappa shape index (κ3) is 1.45. The summed E-state index contributed by atoms with van der Waals surface area (Å²) < 4.78 is 0. The molecule has 66 valence electrons. The van der Waals surface area contributed by atoms with Crippen molar-refractivity contribution in [2.45, 2.75) is 24.9 Å². The molecular formula is C9H15N3. The van der Waals surface area contributed by atoms with Gasteiger partial charge in [0, 0.05) is 6.04 Å². The zero-order chi connectivity index (χ0) is 8.39. The number of piperidine rings is 1. The summed E-state index contributed by atoms with van der Waals surface area (Å²) in [4.78, 5) is 5.99. The first-order valence-corrected chi connectivity index (χ1v) is 4.71. The van der Waals surface area contributed by atoms with Crippen LogP contribution in [-0.2, 0) is 0 Å². The third-order valence-corrected chi connectivity index (χ3v) is 2.90. The summed E-state index contributed by atoms with van der Waals surface area (Å²) in [5, 5.41) is 3.36. The minimum absolute atomic E-state index is 0.305. The molecular weight excluding hydrogens is 150 g/mol. The van der Waals surface area contributed by atoms with E-state index in [1.54, 1.807) is 0 Å². The van der Waals surface area contributed by atoms with E-state index >= 15 is 0 Å². The Morgan fingerprint density at radius 1 is 1.25 bits per heavy atom. The first-order chi connectivity index (χ1) is 5.90. The molecule has 12 heavy (non-hydrogen) atoms. The first-order valence-electron chi connectivity index (χ1n) is 4.71. The second-order valence-corrected chi connectivity index (χ2v) is 3.72. The highest BCUT2D eigenvalue weighted by Gasteiger charge is 2.36. The molecule has 0 amide bonds. The summed E-state index contributed by atoms with van der Waals surface area (Å²) in [5.41, 5.74) is 0. The van der Waals surface area contributed by atoms with E-state index in [9.17, 15) is 0 Å². The average Bonchev–Trinajstić information content (AvgIpc) is 2.04. The van der Waals surface area contributed by atoms with E-state index in [2.05, 4.69) is 15.1 Å². The van der Waals surface area contributed by atoms with E-state index in [4.69, 9.17) is 6.57 Å². The van der Waals surface area contributed by atoms with Crippen LogP contribution < -0.4 is 5.32 Å². The largest absolute Gasteiger partial charge is 0.317 e. The van der Waals surface area contributed by atoms with Gasteiger partial charge in [0.15, 0.2) is 0 Å². The van der Waals surface area contributed by atoms with Crippen LogP contribution in [0.5, 0.6) is 0 Å². The molecule has 0 atom stereocenters. The van der Waals surface area contributed by atoms with Gasteiger partial charge in [0.05, 0.1) is 13.1 Å². The lowest BCUT2D eigenvalue weighted by Crippen LogP contribution is -2.56. The molecule has 0 saturated carbocycles. The van der Waals surface area contributed by atoms with E-state index in [1.807, 2.05) is 0 Å². The van der Waals surface area contributed by atoms with Crippen LogP contribution in [0, 0.1) is 6.57 Å². The van der Waals surface area contributed by atoms with E-state index in [1.165, 1.54) is 12.8 Å². The van der Waals surface area contributed by atoms with Crippen LogP contribution in [0.3, 0.4) is 0 Å². The van der Waals surface area contributed by atoms with E-state index < -0.39 is 0 Å². The smallest absolute Gasteiger partial charge is 0.248 e. The maximum absolute atomic E-state index is 6.85. The van der Waals surface area contributed by atoms with Crippen LogP contribution in [0.1, 0.15) is 12.8 Å². The second kappa shape index (κ2) is 3.42. The number of nitrogens with one attached hydrogen (secondary N) is 1. The van der Waals surface area contributed by atoms with Gasteiger partial charge in [-0.05, 0) is 25.9 Å². The van der Waals surface area contributed by atoms with Crippen molar-refractivity contribution in [1.29, 1.82) is 0 Å². The normalized spacial score (nSPS) is 27.9. The van der Waals surface area contributed by atoms with Crippen molar-refractivity contribution < 1.29 is 0 Å². The SMILES string of the molecule is [C-]#[N+]C1CN(C2CCNCC2)C1. The lowest BCUT2D eigenvalue weighted by atomic mass is 9.99. The van der Waals surface area contributed by atoms with Gasteiger partial charge in [-0.15, -0.1) is 0 Å². The summed E-state index contributed by atoms with van der Waals surface area (Å²) in [6, 6.07) is 1.07. The maximum Gasteiger partial charge on any atom is 0.248 e. The lowest BCUT2D eigenvalue weighted by molar-refractivity contribution is 0.0885. The highest BCUT2D eigenvalue weighted by Crippen LogP contribution is 2.20. The van der Waals surface area contributed by atoms with Gasteiger partial charge >= 0.3 is 0 Å². The fraction of sp³-hybridized carbons (Fsp3) is 0.889. The molecule has 0 spiro atoms. The zero-order valence-corrected chi connectivity index (χ0v) is 7.29. The molecule has 0 radical (unpaired) electrons. The van der Waals surface area contributed by atoms with Gasteiger partial charge in [-0.25, -0.2) is 6.57 Å². The Morgan fingerprint density at radius 3 is 2.50 bits per heavy atom. The van der Waals surface area contributed by atoms with Gasteiger partial charge in [-0.2, -0.15) is 0 Å². The van der Waals surface area contributed by atoms with E-state index in [0.29, 0.717) is 6.04 Å². The van der Waals surface area contributed by atoms with Crippen molar-refractivity contribution in [2.24, 2.45) is 0 Å². The molecule has 0 aromatic heterocycles. The predicted molar refractivity (Wildman–Crippen MR) is 47.9 cm³/mol. The molecule has 2 rings (SSSR count). The molecule has 0 aromatic carbocycles. The van der Waals surface area contributed by atoms with Gasteiger partial charge in [0.25, 0.3) is 0 Å². The van der Waals surface area contributed by atoms with E-state index in [-0.39, 0.29) is 0 Å². The molecule has 2 aliphatic heterocycles. The van der Waals surface area contributed by atoms with Crippen LogP contribution in [0.25, 0.3) is 4.85 Å². The Morgan fingerprint density at radius 2 is 1.92 bits per heavy atom. The lowest BCUT2D eigenvalue weighted by Gasteiger charge is -2.40. The summed E-state index contributed by atoms with van der Waals surface area (Å²) in [6.45, 7) is 11.2. The number of nitrogens with zero attached hydrogens (tertiary/aromatic N) is 2. The van der Waals surface area contributed by atoms with E-state index in [0.717, 1.165) is 32.2 Å². The zero-order valence-electron chi connectivity index (χ0n) is 7.29. The quantitative estimate of drug-likeness (QED) is 0.565. The van der Waals surface area contributed by atoms with Crippen molar-refractivity contribution in [1.82, 2.24) is 10.2 Å². The average molecular weight is 165 g/mol. The number of rotatable bonds is 1. The Bertz CT molecular complexity index is 184. The number of hydrogen-bond donors (Lipinski definition) is 1. The maximum atomic E-state index is 6.85. The molecule has 2 saturated heterocycles. The second-order valence-electron chi connectivity index (χ2n) is 3.72. The van der Waals surface area contributed by atoms with Crippen LogP contribution in [0.4, 0.5) is 0 Å². The molecule has 0 aliphatic carbocycles. The van der Waals surface area contributed by atoms with Crippen LogP contribution in [0.15, 0.2) is 0 Å². The van der Waals surface area contributed by atoms with Gasteiger partial charge in [-0.1, -0.05) is 0 Å². The Hall–Kier alpha value is -0.590. The van der Waals surface area contributed by atoms with Gasteiger partial charge in [-0.3, -0.25) is 4.90 Å². The summed E-state index contributed by atoms with van der Waals surface area (Å²) in [5.74, 6) is 0. The number of hydrogen-bond acceptors (Lipinski definition) is 2. The van der Waals surface area contributed by atoms with Gasteiger partial charge in [0.2, 0.25) is 6.04 Å². The predicted octanol–water partition coefficient (Wildman–Crippen LogP) is 0.342. The highest BCUT2D eigenvalue weighted by atomic mass is 15.3. The molecule has 1 N–H and O–H groups in total. The summed E-state index contributed by atoms with van der Waals surface area (Å²) >= 11 is 0. The fourth-order valence-electron chi connectivity index (χ4n) is 2.04. The number of likely N-dealkylation sites (tertiary alicyclic amines) is 1. The van der Waals surface area contributed by atoms with Gasteiger partial charge < -0.3 is 10.2 Å². The Kier molecular flexibility index (Phi) is 2.29. The Labute approximate surface area is 73.6 Å². The minimum atomic E-state index is 0.305. The minimum Gasteiger partial charge on any atom is -0.317 e. The molecule has 0 bridgehead atoms. The van der Waals surface area contributed by atoms with Crippen molar-refractivity contribution in [3.8, 4) is 0 Å². The monoisotopic (exact) mass is 165 g/mol. The van der Waals surface area contributed by atoms with Crippen molar-refractivity contribution in [3.05, 3.63) is 11.4 Å². The highest BCUT2D eigenvalue weighted by molar-refractivity contribution is 4.97. The molecule has 3 nitrogen and oxygen atoms in total.